The summed E-state index contributed by atoms with van der Waals surface area (Å²) < 4.78 is 7.27. The van der Waals surface area contributed by atoms with E-state index in [-0.39, 0.29) is 5.56 Å². The lowest BCUT2D eigenvalue weighted by Gasteiger charge is -2.30. The van der Waals surface area contributed by atoms with E-state index in [9.17, 15) is 4.79 Å². The summed E-state index contributed by atoms with van der Waals surface area (Å²) in [5, 5.41) is 0. The van der Waals surface area contributed by atoms with E-state index in [1.54, 1.807) is 13.3 Å². The molecule has 1 saturated carbocycles. The van der Waals surface area contributed by atoms with Crippen LogP contribution < -0.4 is 15.2 Å². The van der Waals surface area contributed by atoms with Crippen LogP contribution in [0.5, 0.6) is 5.75 Å². The highest BCUT2D eigenvalue weighted by atomic mass is 16.5. The molecular formula is C17H19N3O2. The van der Waals surface area contributed by atoms with Crippen LogP contribution in [0.25, 0.3) is 0 Å². The first kappa shape index (κ1) is 13.4. The normalized spacial score (nSPS) is 17.2. The number of methoxy groups -OCH3 is 1. The van der Waals surface area contributed by atoms with Gasteiger partial charge < -0.3 is 14.2 Å². The van der Waals surface area contributed by atoms with Gasteiger partial charge in [-0.1, -0.05) is 12.1 Å². The van der Waals surface area contributed by atoms with E-state index < -0.39 is 0 Å². The van der Waals surface area contributed by atoms with Crippen LogP contribution in [-0.4, -0.2) is 23.2 Å². The molecule has 0 saturated heterocycles. The molecule has 0 bridgehead atoms. The summed E-state index contributed by atoms with van der Waals surface area (Å²) in [5.74, 6) is 1.51. The molecule has 1 aromatic carbocycles. The third-order valence-corrected chi connectivity index (χ3v) is 4.53. The molecule has 0 amide bonds. The quantitative estimate of drug-likeness (QED) is 0.871. The summed E-state index contributed by atoms with van der Waals surface area (Å²) in [5.41, 5.74) is 2.50. The Morgan fingerprint density at radius 3 is 2.95 bits per heavy atom. The summed E-state index contributed by atoms with van der Waals surface area (Å²) >= 11 is 0. The molecule has 114 valence electrons. The summed E-state index contributed by atoms with van der Waals surface area (Å²) in [7, 11) is 1.70. The second kappa shape index (κ2) is 5.16. The van der Waals surface area contributed by atoms with Gasteiger partial charge in [-0.05, 0) is 30.9 Å². The molecule has 1 fully saturated rings. The number of hydrogen-bond acceptors (Lipinski definition) is 4. The Labute approximate surface area is 129 Å². The molecule has 4 rings (SSSR count). The fourth-order valence-electron chi connectivity index (χ4n) is 3.22. The van der Waals surface area contributed by atoms with Crippen LogP contribution in [0, 0.1) is 0 Å². The first-order chi connectivity index (χ1) is 10.8. The molecule has 2 aromatic rings. The minimum atomic E-state index is 0.0383. The van der Waals surface area contributed by atoms with E-state index >= 15 is 0 Å². The molecule has 0 N–H and O–H groups in total. The van der Waals surface area contributed by atoms with E-state index in [0.29, 0.717) is 18.4 Å². The van der Waals surface area contributed by atoms with Crippen molar-refractivity contribution in [2.75, 3.05) is 18.6 Å². The zero-order chi connectivity index (χ0) is 15.1. The fraction of sp³-hybridized carbons (Fsp3) is 0.412. The van der Waals surface area contributed by atoms with Crippen molar-refractivity contribution in [3.8, 4) is 5.75 Å². The maximum atomic E-state index is 12.6. The Morgan fingerprint density at radius 1 is 1.32 bits per heavy atom. The molecule has 1 aromatic heterocycles. The van der Waals surface area contributed by atoms with Crippen LogP contribution in [0.1, 0.15) is 30.0 Å². The van der Waals surface area contributed by atoms with Gasteiger partial charge in [0.15, 0.2) is 5.82 Å². The van der Waals surface area contributed by atoms with Crippen LogP contribution >= 0.6 is 0 Å². The highest BCUT2D eigenvalue weighted by Crippen LogP contribution is 2.34. The smallest absolute Gasteiger partial charge is 0.293 e. The molecule has 0 unspecified atom stereocenters. The number of hydrogen-bond donors (Lipinski definition) is 0. The van der Waals surface area contributed by atoms with Gasteiger partial charge in [-0.3, -0.25) is 4.79 Å². The lowest BCUT2D eigenvalue weighted by atomic mass is 9.99. The molecule has 5 heteroatoms. The molecule has 0 radical (unpaired) electrons. The molecule has 1 aliphatic heterocycles. The van der Waals surface area contributed by atoms with Crippen molar-refractivity contribution in [3.05, 3.63) is 52.1 Å². The molecule has 5 nitrogen and oxygen atoms in total. The minimum Gasteiger partial charge on any atom is -0.496 e. The van der Waals surface area contributed by atoms with Gasteiger partial charge in [0.2, 0.25) is 0 Å². The second-order valence-corrected chi connectivity index (χ2v) is 5.96. The van der Waals surface area contributed by atoms with Gasteiger partial charge in [-0.2, -0.15) is 0 Å². The predicted octanol–water partition coefficient (Wildman–Crippen LogP) is 2.15. The number of rotatable bonds is 3. The molecule has 22 heavy (non-hydrogen) atoms. The van der Waals surface area contributed by atoms with Gasteiger partial charge in [-0.25, -0.2) is 4.98 Å². The monoisotopic (exact) mass is 297 g/mol. The third kappa shape index (κ3) is 2.17. The van der Waals surface area contributed by atoms with Gasteiger partial charge in [0, 0.05) is 37.1 Å². The Hall–Kier alpha value is -2.30. The number of benzene rings is 1. The van der Waals surface area contributed by atoms with Gasteiger partial charge >= 0.3 is 0 Å². The minimum absolute atomic E-state index is 0.0383. The van der Waals surface area contributed by atoms with E-state index in [0.717, 1.165) is 31.6 Å². The van der Waals surface area contributed by atoms with Gasteiger partial charge in [0.05, 0.1) is 7.11 Å². The number of ether oxygens (including phenoxy) is 1. The van der Waals surface area contributed by atoms with Crippen molar-refractivity contribution < 1.29 is 4.74 Å². The first-order valence-electron chi connectivity index (χ1n) is 7.75. The summed E-state index contributed by atoms with van der Waals surface area (Å²) in [4.78, 5) is 19.1. The van der Waals surface area contributed by atoms with Crippen molar-refractivity contribution in [1.82, 2.24) is 9.55 Å². The topological polar surface area (TPSA) is 47.4 Å². The Kier molecular flexibility index (Phi) is 3.13. The Bertz CT molecular complexity index is 765. The average Bonchev–Trinajstić information content (AvgIpc) is 3.39. The number of fused-ring (bicyclic) bond motifs is 1. The highest BCUT2D eigenvalue weighted by molar-refractivity contribution is 5.48. The van der Waals surface area contributed by atoms with E-state index in [4.69, 9.17) is 4.74 Å². The Morgan fingerprint density at radius 2 is 2.18 bits per heavy atom. The lowest BCUT2D eigenvalue weighted by Crippen LogP contribution is -2.37. The number of nitrogens with zero attached hydrogens (tertiary/aromatic N) is 3. The standard InChI is InChI=1S/C17H19N3O2/c1-22-15-4-2-3-12-11-19(9-7-14(12)15)16-17(21)20(10-8-18-16)13-5-6-13/h2-4,8,10,13H,5-7,9,11H2,1H3. The zero-order valence-corrected chi connectivity index (χ0v) is 12.7. The molecule has 0 spiro atoms. The molecule has 2 aliphatic rings. The van der Waals surface area contributed by atoms with E-state index in [2.05, 4.69) is 16.0 Å². The van der Waals surface area contributed by atoms with Crippen LogP contribution in [0.4, 0.5) is 5.82 Å². The van der Waals surface area contributed by atoms with Gasteiger partial charge in [0.25, 0.3) is 5.56 Å². The predicted molar refractivity (Wildman–Crippen MR) is 84.5 cm³/mol. The number of aromatic nitrogens is 2. The SMILES string of the molecule is COc1cccc2c1CCN(c1nccn(C3CC3)c1=O)C2. The van der Waals surface area contributed by atoms with Crippen LogP contribution in [0.2, 0.25) is 0 Å². The molecule has 2 heterocycles. The van der Waals surface area contributed by atoms with Crippen molar-refractivity contribution in [3.63, 3.8) is 0 Å². The zero-order valence-electron chi connectivity index (χ0n) is 12.7. The van der Waals surface area contributed by atoms with Crippen molar-refractivity contribution in [2.45, 2.75) is 31.8 Å². The van der Waals surface area contributed by atoms with Crippen LogP contribution in [-0.2, 0) is 13.0 Å². The molecular weight excluding hydrogens is 278 g/mol. The van der Waals surface area contributed by atoms with Crippen LogP contribution in [0.15, 0.2) is 35.4 Å². The summed E-state index contributed by atoms with van der Waals surface area (Å²) in [6.07, 6.45) is 6.63. The maximum absolute atomic E-state index is 12.6. The van der Waals surface area contributed by atoms with Crippen molar-refractivity contribution in [2.24, 2.45) is 0 Å². The summed E-state index contributed by atoms with van der Waals surface area (Å²) in [6.45, 7) is 1.51. The van der Waals surface area contributed by atoms with E-state index in [1.807, 2.05) is 22.9 Å². The largest absolute Gasteiger partial charge is 0.496 e. The van der Waals surface area contributed by atoms with Gasteiger partial charge in [-0.15, -0.1) is 0 Å². The Balaban J connectivity index is 1.68. The van der Waals surface area contributed by atoms with Gasteiger partial charge in [0.1, 0.15) is 5.75 Å². The van der Waals surface area contributed by atoms with Crippen molar-refractivity contribution >= 4 is 5.82 Å². The molecule has 1 aliphatic carbocycles. The lowest BCUT2D eigenvalue weighted by molar-refractivity contribution is 0.407. The van der Waals surface area contributed by atoms with E-state index in [1.165, 1.54) is 11.1 Å². The number of anilines is 1. The first-order valence-corrected chi connectivity index (χ1v) is 7.75. The highest BCUT2D eigenvalue weighted by Gasteiger charge is 2.27. The third-order valence-electron chi connectivity index (χ3n) is 4.53. The van der Waals surface area contributed by atoms with Crippen molar-refractivity contribution in [1.29, 1.82) is 0 Å². The maximum Gasteiger partial charge on any atom is 0.293 e. The average molecular weight is 297 g/mol. The second-order valence-electron chi connectivity index (χ2n) is 5.96. The van der Waals surface area contributed by atoms with Crippen LogP contribution in [0.3, 0.4) is 0 Å². The summed E-state index contributed by atoms with van der Waals surface area (Å²) in [6, 6.07) is 6.48. The fourth-order valence-corrected chi connectivity index (χ4v) is 3.22. The molecule has 0 atom stereocenters.